The number of nitro benzene ring substituents is 1. The number of allylic oxidation sites excluding steroid dienone is 1. The normalized spacial score (nSPS) is 11.5. The van der Waals surface area contributed by atoms with E-state index < -0.39 is 10.8 Å². The molecule has 0 bridgehead atoms. The molecule has 140 valence electrons. The maximum atomic E-state index is 12.2. The number of aromatic nitrogens is 2. The molecular formula is C20H17N5O3. The quantitative estimate of drug-likeness (QED) is 0.387. The summed E-state index contributed by atoms with van der Waals surface area (Å²) in [6.07, 6.45) is 3.48. The largest absolute Gasteiger partial charge is 0.289 e. The molecule has 8 nitrogen and oxygen atoms in total. The van der Waals surface area contributed by atoms with Gasteiger partial charge in [-0.15, -0.1) is 0 Å². The number of nitrogens with one attached hydrogen (secondary N) is 2. The summed E-state index contributed by atoms with van der Waals surface area (Å²) in [6.45, 7) is 1.87. The average molecular weight is 375 g/mol. The number of carbonyl (C=O) groups is 1. The molecule has 0 aliphatic heterocycles. The molecule has 0 fully saturated rings. The van der Waals surface area contributed by atoms with E-state index in [0.717, 1.165) is 11.1 Å². The van der Waals surface area contributed by atoms with E-state index in [-0.39, 0.29) is 11.4 Å². The smallest absolute Gasteiger partial charge is 0.272 e. The third-order valence-electron chi connectivity index (χ3n) is 3.80. The van der Waals surface area contributed by atoms with Crippen LogP contribution in [0.1, 0.15) is 23.0 Å². The van der Waals surface area contributed by atoms with E-state index in [1.165, 1.54) is 18.2 Å². The van der Waals surface area contributed by atoms with Gasteiger partial charge in [0.25, 0.3) is 11.6 Å². The third-order valence-corrected chi connectivity index (χ3v) is 3.80. The minimum absolute atomic E-state index is 0.0446. The first-order valence-corrected chi connectivity index (χ1v) is 8.40. The van der Waals surface area contributed by atoms with Crippen LogP contribution in [0, 0.1) is 10.1 Å². The lowest BCUT2D eigenvalue weighted by Crippen LogP contribution is -2.17. The van der Waals surface area contributed by atoms with Crippen LogP contribution in [-0.4, -0.2) is 27.2 Å². The van der Waals surface area contributed by atoms with E-state index >= 15 is 0 Å². The van der Waals surface area contributed by atoms with Crippen molar-refractivity contribution in [2.45, 2.75) is 6.92 Å². The van der Waals surface area contributed by atoms with Gasteiger partial charge < -0.3 is 0 Å². The van der Waals surface area contributed by atoms with Crippen molar-refractivity contribution in [2.24, 2.45) is 5.10 Å². The second-order valence-electron chi connectivity index (χ2n) is 5.97. The number of aromatic amines is 1. The number of H-pyrrole nitrogens is 1. The van der Waals surface area contributed by atoms with Crippen molar-refractivity contribution in [1.29, 1.82) is 0 Å². The molecule has 2 aromatic carbocycles. The van der Waals surface area contributed by atoms with Gasteiger partial charge in [0.1, 0.15) is 5.69 Å². The second-order valence-corrected chi connectivity index (χ2v) is 5.97. The number of hydrogen-bond acceptors (Lipinski definition) is 5. The molecule has 3 aromatic rings. The van der Waals surface area contributed by atoms with Crippen molar-refractivity contribution in [3.63, 3.8) is 0 Å². The second kappa shape index (κ2) is 8.54. The number of nitro groups is 1. The first kappa shape index (κ1) is 18.7. The molecule has 1 heterocycles. The van der Waals surface area contributed by atoms with Crippen LogP contribution in [-0.2, 0) is 0 Å². The standard InChI is InChI=1S/C20H17N5O3/c1-14(10-15-6-3-2-4-7-15)13-21-24-20(26)19-12-18(22-23-19)16-8-5-9-17(11-16)25(27)28/h2-13H,1H3,(H,22,23)(H,24,26)/b14-10+,21-13-. The van der Waals surface area contributed by atoms with Gasteiger partial charge in [-0.3, -0.25) is 20.0 Å². The van der Waals surface area contributed by atoms with Crippen LogP contribution >= 0.6 is 0 Å². The highest BCUT2D eigenvalue weighted by Gasteiger charge is 2.13. The van der Waals surface area contributed by atoms with Gasteiger partial charge in [0, 0.05) is 17.7 Å². The van der Waals surface area contributed by atoms with Gasteiger partial charge in [-0.25, -0.2) is 5.43 Å². The average Bonchev–Trinajstić information content (AvgIpc) is 3.19. The Hall–Kier alpha value is -4.07. The maximum absolute atomic E-state index is 12.2. The molecule has 0 radical (unpaired) electrons. The summed E-state index contributed by atoms with van der Waals surface area (Å²) >= 11 is 0. The molecule has 0 saturated heterocycles. The third kappa shape index (κ3) is 4.76. The van der Waals surface area contributed by atoms with Crippen molar-refractivity contribution in [2.75, 3.05) is 0 Å². The minimum Gasteiger partial charge on any atom is -0.272 e. The van der Waals surface area contributed by atoms with Crippen LogP contribution < -0.4 is 5.43 Å². The van der Waals surface area contributed by atoms with Crippen molar-refractivity contribution < 1.29 is 9.72 Å². The number of benzene rings is 2. The van der Waals surface area contributed by atoms with Crippen molar-refractivity contribution >= 4 is 23.9 Å². The fourth-order valence-corrected chi connectivity index (χ4v) is 2.47. The Morgan fingerprint density at radius 2 is 1.96 bits per heavy atom. The number of hydrazone groups is 1. The molecule has 0 atom stereocenters. The Kier molecular flexibility index (Phi) is 5.71. The molecule has 1 amide bonds. The van der Waals surface area contributed by atoms with Gasteiger partial charge >= 0.3 is 0 Å². The van der Waals surface area contributed by atoms with Gasteiger partial charge in [0.05, 0.1) is 16.8 Å². The molecule has 3 rings (SSSR count). The minimum atomic E-state index is -0.482. The Morgan fingerprint density at radius 1 is 1.18 bits per heavy atom. The lowest BCUT2D eigenvalue weighted by Gasteiger charge is -1.97. The number of carbonyl (C=O) groups excluding carboxylic acids is 1. The molecule has 0 aliphatic rings. The molecule has 1 aromatic heterocycles. The van der Waals surface area contributed by atoms with Crippen LogP contribution in [0.4, 0.5) is 5.69 Å². The van der Waals surface area contributed by atoms with Crippen LogP contribution in [0.3, 0.4) is 0 Å². The summed E-state index contributed by atoms with van der Waals surface area (Å²) in [5.74, 6) is -0.465. The van der Waals surface area contributed by atoms with Crippen LogP contribution in [0.5, 0.6) is 0 Å². The SMILES string of the molecule is CC(/C=N\NC(=O)c1cc(-c2cccc([N+](=O)[O-])c2)n[nH]1)=C\c1ccccc1. The molecule has 2 N–H and O–H groups in total. The predicted molar refractivity (Wildman–Crippen MR) is 107 cm³/mol. The van der Waals surface area contributed by atoms with Crippen LogP contribution in [0.2, 0.25) is 0 Å². The zero-order valence-corrected chi connectivity index (χ0v) is 15.0. The van der Waals surface area contributed by atoms with Gasteiger partial charge in [-0.2, -0.15) is 10.2 Å². The summed E-state index contributed by atoms with van der Waals surface area (Å²) in [4.78, 5) is 22.6. The van der Waals surface area contributed by atoms with Crippen molar-refractivity contribution in [1.82, 2.24) is 15.6 Å². The first-order valence-electron chi connectivity index (χ1n) is 8.40. The number of non-ortho nitro benzene ring substituents is 1. The number of amides is 1. The number of rotatable bonds is 6. The van der Waals surface area contributed by atoms with Crippen molar-refractivity contribution in [3.05, 3.63) is 87.6 Å². The van der Waals surface area contributed by atoms with Gasteiger partial charge in [-0.1, -0.05) is 48.5 Å². The summed E-state index contributed by atoms with van der Waals surface area (Å²) in [7, 11) is 0. The monoisotopic (exact) mass is 375 g/mol. The molecular weight excluding hydrogens is 358 g/mol. The molecule has 0 unspecified atom stereocenters. The van der Waals surface area contributed by atoms with Gasteiger partial charge in [0.2, 0.25) is 0 Å². The fraction of sp³-hybridized carbons (Fsp3) is 0.0500. The Bertz CT molecular complexity index is 1050. The predicted octanol–water partition coefficient (Wildman–Crippen LogP) is 3.80. The molecule has 8 heteroatoms. The summed E-state index contributed by atoms with van der Waals surface area (Å²) in [5, 5.41) is 21.5. The number of nitrogens with zero attached hydrogens (tertiary/aromatic N) is 3. The molecule has 28 heavy (non-hydrogen) atoms. The van der Waals surface area contributed by atoms with Crippen LogP contribution in [0.25, 0.3) is 17.3 Å². The Balaban J connectivity index is 1.65. The topological polar surface area (TPSA) is 113 Å². The van der Waals surface area contributed by atoms with E-state index in [1.54, 1.807) is 18.3 Å². The Morgan fingerprint density at radius 3 is 2.71 bits per heavy atom. The zero-order chi connectivity index (χ0) is 19.9. The highest BCUT2D eigenvalue weighted by atomic mass is 16.6. The molecule has 0 aliphatic carbocycles. The molecule has 0 saturated carbocycles. The highest BCUT2D eigenvalue weighted by Crippen LogP contribution is 2.22. The molecule has 0 spiro atoms. The van der Waals surface area contributed by atoms with E-state index in [9.17, 15) is 14.9 Å². The fourth-order valence-electron chi connectivity index (χ4n) is 2.47. The van der Waals surface area contributed by atoms with E-state index in [2.05, 4.69) is 20.7 Å². The maximum Gasteiger partial charge on any atom is 0.289 e. The number of hydrogen-bond donors (Lipinski definition) is 2. The summed E-state index contributed by atoms with van der Waals surface area (Å²) in [6, 6.07) is 17.3. The zero-order valence-electron chi connectivity index (χ0n) is 15.0. The summed E-state index contributed by atoms with van der Waals surface area (Å²) < 4.78 is 0. The van der Waals surface area contributed by atoms with Gasteiger partial charge in [0.15, 0.2) is 0 Å². The van der Waals surface area contributed by atoms with E-state index in [4.69, 9.17) is 0 Å². The first-order chi connectivity index (χ1) is 13.5. The summed E-state index contributed by atoms with van der Waals surface area (Å²) in [5.41, 5.74) is 5.44. The highest BCUT2D eigenvalue weighted by molar-refractivity contribution is 5.94. The van der Waals surface area contributed by atoms with Crippen molar-refractivity contribution in [3.8, 4) is 11.3 Å². The van der Waals surface area contributed by atoms with Crippen LogP contribution in [0.15, 0.2) is 71.3 Å². The Labute approximate surface area is 160 Å². The lowest BCUT2D eigenvalue weighted by molar-refractivity contribution is -0.384. The lowest BCUT2D eigenvalue weighted by atomic mass is 10.1. The van der Waals surface area contributed by atoms with E-state index in [1.807, 2.05) is 43.3 Å². The van der Waals surface area contributed by atoms with E-state index in [0.29, 0.717) is 11.3 Å². The van der Waals surface area contributed by atoms with Gasteiger partial charge in [-0.05, 0) is 24.1 Å².